The molecule has 4 N–H and O–H groups in total. The van der Waals surface area contributed by atoms with Crippen LogP contribution in [0.1, 0.15) is 16.8 Å². The van der Waals surface area contributed by atoms with Crippen LogP contribution in [0.25, 0.3) is 10.9 Å². The number of fused-ring (bicyclic) bond motifs is 1. The number of halogens is 3. The van der Waals surface area contributed by atoms with Crippen molar-refractivity contribution in [2.75, 3.05) is 17.6 Å². The Morgan fingerprint density at radius 1 is 1.21 bits per heavy atom. The van der Waals surface area contributed by atoms with Gasteiger partial charge in [-0.15, -0.1) is 0 Å². The second-order valence-electron chi connectivity index (χ2n) is 6.93. The van der Waals surface area contributed by atoms with Gasteiger partial charge in [0.25, 0.3) is 10.0 Å². The van der Waals surface area contributed by atoms with Gasteiger partial charge in [-0.3, -0.25) is 9.82 Å². The van der Waals surface area contributed by atoms with E-state index in [2.05, 4.69) is 32.0 Å². The normalized spacial score (nSPS) is 11.2. The Morgan fingerprint density at radius 2 is 1.97 bits per heavy atom. The molecule has 0 spiro atoms. The Morgan fingerprint density at radius 3 is 2.71 bits per heavy atom. The third-order valence-corrected chi connectivity index (χ3v) is 6.28. The number of benzene rings is 1. The number of rotatable bonds is 4. The van der Waals surface area contributed by atoms with Gasteiger partial charge in [-0.25, -0.2) is 27.2 Å². The number of nitrogens with two attached hydrogens (primary N) is 1. The molecule has 9 nitrogen and oxygen atoms in total. The van der Waals surface area contributed by atoms with E-state index in [1.165, 1.54) is 19.5 Å². The van der Waals surface area contributed by atoms with Crippen molar-refractivity contribution in [3.63, 3.8) is 0 Å². The smallest absolute Gasteiger partial charge is 0.267 e. The molecular weight excluding hydrogens is 490 g/mol. The first-order valence-corrected chi connectivity index (χ1v) is 11.3. The van der Waals surface area contributed by atoms with Gasteiger partial charge in [0.1, 0.15) is 17.2 Å². The number of methoxy groups -OCH3 is 1. The summed E-state index contributed by atoms with van der Waals surface area (Å²) >= 11 is 5.84. The van der Waals surface area contributed by atoms with E-state index in [-0.39, 0.29) is 22.3 Å². The van der Waals surface area contributed by atoms with Gasteiger partial charge in [-0.2, -0.15) is 5.10 Å². The summed E-state index contributed by atoms with van der Waals surface area (Å²) in [6, 6.07) is 2.90. The highest BCUT2D eigenvalue weighted by Crippen LogP contribution is 2.29. The third kappa shape index (κ3) is 4.18. The maximum absolute atomic E-state index is 15.1. The summed E-state index contributed by atoms with van der Waals surface area (Å²) in [5.74, 6) is 2.77. The minimum Gasteiger partial charge on any atom is -0.480 e. The van der Waals surface area contributed by atoms with Gasteiger partial charge in [-0.05, 0) is 25.1 Å². The molecule has 4 aromatic rings. The van der Waals surface area contributed by atoms with Gasteiger partial charge in [0.05, 0.1) is 34.3 Å². The first-order valence-electron chi connectivity index (χ1n) is 9.44. The highest BCUT2D eigenvalue weighted by molar-refractivity contribution is 7.92. The van der Waals surface area contributed by atoms with Crippen molar-refractivity contribution in [2.45, 2.75) is 11.8 Å². The number of sulfonamides is 1. The molecule has 1 aromatic carbocycles. The SMILES string of the molecule is COc1ncc(Cl)cc1S(=O)(=O)Nc1ccc(F)c(C#Cc2cnc(N)c3c(C)[nH]nc23)c1F. The van der Waals surface area contributed by atoms with Crippen LogP contribution in [-0.4, -0.2) is 35.7 Å². The van der Waals surface area contributed by atoms with E-state index in [1.54, 1.807) is 6.92 Å². The lowest BCUT2D eigenvalue weighted by atomic mass is 10.1. The first kappa shape index (κ1) is 23.2. The van der Waals surface area contributed by atoms with Crippen LogP contribution in [0.2, 0.25) is 5.02 Å². The van der Waals surface area contributed by atoms with Gasteiger partial charge in [0, 0.05) is 18.1 Å². The molecule has 0 saturated carbocycles. The third-order valence-electron chi connectivity index (χ3n) is 4.72. The molecule has 0 radical (unpaired) electrons. The number of aromatic amines is 1. The zero-order valence-corrected chi connectivity index (χ0v) is 19.1. The largest absolute Gasteiger partial charge is 0.480 e. The molecule has 0 bridgehead atoms. The summed E-state index contributed by atoms with van der Waals surface area (Å²) < 4.78 is 62.2. The number of nitrogens with one attached hydrogen (secondary N) is 2. The monoisotopic (exact) mass is 504 g/mol. The average Bonchev–Trinajstić information content (AvgIpc) is 3.19. The zero-order chi connectivity index (χ0) is 24.6. The summed E-state index contributed by atoms with van der Waals surface area (Å²) in [5, 5.41) is 7.42. The van der Waals surface area contributed by atoms with Crippen molar-refractivity contribution in [3.05, 3.63) is 64.1 Å². The number of H-pyrrole nitrogens is 1. The lowest BCUT2D eigenvalue weighted by Gasteiger charge is -2.12. The van der Waals surface area contributed by atoms with Crippen LogP contribution in [0.15, 0.2) is 35.5 Å². The number of aryl methyl sites for hydroxylation is 1. The van der Waals surface area contributed by atoms with Gasteiger partial charge >= 0.3 is 0 Å². The fourth-order valence-corrected chi connectivity index (χ4v) is 4.55. The molecule has 3 aromatic heterocycles. The van der Waals surface area contributed by atoms with Gasteiger partial charge in [0.2, 0.25) is 5.88 Å². The number of pyridine rings is 2. The summed E-state index contributed by atoms with van der Waals surface area (Å²) in [7, 11) is -3.19. The molecule has 3 heterocycles. The standard InChI is InChI=1S/C21H15ClF2N6O3S/c1-10-17-19(29-28-10)11(8-26-20(17)25)3-4-13-14(23)5-6-15(18(13)24)30-34(31,32)16-7-12(22)9-27-21(16)33-2/h5-9,30H,1-2H3,(H2,25,26)(H,28,29). The molecule has 174 valence electrons. The number of nitrogens with zero attached hydrogens (tertiary/aromatic N) is 3. The lowest BCUT2D eigenvalue weighted by molar-refractivity contribution is 0.385. The van der Waals surface area contributed by atoms with Crippen LogP contribution < -0.4 is 15.2 Å². The minimum absolute atomic E-state index is 0.0179. The minimum atomic E-state index is -4.40. The van der Waals surface area contributed by atoms with Crippen LogP contribution in [-0.2, 0) is 10.0 Å². The average molecular weight is 505 g/mol. The molecule has 0 saturated heterocycles. The second kappa shape index (κ2) is 8.77. The van der Waals surface area contributed by atoms with Gasteiger partial charge in [-0.1, -0.05) is 23.4 Å². The van der Waals surface area contributed by atoms with E-state index in [9.17, 15) is 12.8 Å². The topological polar surface area (TPSA) is 136 Å². The summed E-state index contributed by atoms with van der Waals surface area (Å²) in [4.78, 5) is 7.38. The predicted octanol–water partition coefficient (Wildman–Crippen LogP) is 3.38. The van der Waals surface area contributed by atoms with E-state index in [0.29, 0.717) is 16.6 Å². The number of nitrogen functional groups attached to an aromatic ring is 1. The number of anilines is 2. The van der Waals surface area contributed by atoms with E-state index < -0.39 is 37.8 Å². The molecule has 0 aliphatic heterocycles. The highest BCUT2D eigenvalue weighted by Gasteiger charge is 2.24. The number of aromatic nitrogens is 4. The molecule has 13 heteroatoms. The van der Waals surface area contributed by atoms with E-state index in [0.717, 1.165) is 18.2 Å². The highest BCUT2D eigenvalue weighted by atomic mass is 35.5. The lowest BCUT2D eigenvalue weighted by Crippen LogP contribution is -2.16. The fraction of sp³-hybridized carbons (Fsp3) is 0.0952. The van der Waals surface area contributed by atoms with E-state index in [4.69, 9.17) is 22.1 Å². The fourth-order valence-electron chi connectivity index (χ4n) is 3.12. The second-order valence-corrected chi connectivity index (χ2v) is 9.02. The maximum atomic E-state index is 15.1. The predicted molar refractivity (Wildman–Crippen MR) is 122 cm³/mol. The van der Waals surface area contributed by atoms with E-state index in [1.807, 2.05) is 4.72 Å². The van der Waals surface area contributed by atoms with Gasteiger partial charge < -0.3 is 10.5 Å². The summed E-state index contributed by atoms with van der Waals surface area (Å²) in [6.07, 6.45) is 2.52. The Balaban J connectivity index is 1.76. The molecule has 0 amide bonds. The number of hydrogen-bond donors (Lipinski definition) is 3. The number of ether oxygens (including phenoxy) is 1. The summed E-state index contributed by atoms with van der Waals surface area (Å²) in [6.45, 7) is 1.74. The first-order chi connectivity index (χ1) is 16.1. The molecule has 0 aliphatic rings. The van der Waals surface area contributed by atoms with Crippen molar-refractivity contribution < 1.29 is 21.9 Å². The van der Waals surface area contributed by atoms with Crippen molar-refractivity contribution in [1.82, 2.24) is 20.2 Å². The van der Waals surface area contributed by atoms with Crippen LogP contribution in [0.4, 0.5) is 20.3 Å². The molecule has 4 rings (SSSR count). The zero-order valence-electron chi connectivity index (χ0n) is 17.6. The molecule has 0 aliphatic carbocycles. The molecule has 0 unspecified atom stereocenters. The van der Waals surface area contributed by atoms with Crippen molar-refractivity contribution in [1.29, 1.82) is 0 Å². The van der Waals surface area contributed by atoms with Crippen molar-refractivity contribution in [3.8, 4) is 17.7 Å². The Kier molecular flexibility index (Phi) is 5.99. The molecule has 0 atom stereocenters. The quantitative estimate of drug-likeness (QED) is 0.362. The maximum Gasteiger partial charge on any atom is 0.267 e. The van der Waals surface area contributed by atoms with E-state index >= 15 is 4.39 Å². The Bertz CT molecular complexity index is 1610. The molecular formula is C21H15ClF2N6O3S. The van der Waals surface area contributed by atoms with Crippen LogP contribution in [0, 0.1) is 30.4 Å². The van der Waals surface area contributed by atoms with Crippen molar-refractivity contribution in [2.24, 2.45) is 0 Å². The molecule has 34 heavy (non-hydrogen) atoms. The molecule has 0 fully saturated rings. The van der Waals surface area contributed by atoms with Crippen LogP contribution in [0.3, 0.4) is 0 Å². The van der Waals surface area contributed by atoms with Crippen LogP contribution in [0.5, 0.6) is 5.88 Å². The number of hydrogen-bond acceptors (Lipinski definition) is 7. The Hall–Kier alpha value is -3.95. The van der Waals surface area contributed by atoms with Gasteiger partial charge in [0.15, 0.2) is 10.7 Å². The summed E-state index contributed by atoms with van der Waals surface area (Å²) in [5.41, 5.74) is 5.97. The van der Waals surface area contributed by atoms with Crippen LogP contribution >= 0.6 is 11.6 Å². The Labute approximate surface area is 197 Å². The van der Waals surface area contributed by atoms with Crippen molar-refractivity contribution >= 4 is 44.0 Å².